The number of thioether (sulfide) groups is 1. The molecule has 1 saturated heterocycles. The largest absolute Gasteiger partial charge is 0.360 e. The fourth-order valence-corrected chi connectivity index (χ4v) is 4.16. The number of hydrogen-bond acceptors (Lipinski definition) is 3. The quantitative estimate of drug-likeness (QED) is 0.900. The highest BCUT2D eigenvalue weighted by molar-refractivity contribution is 8.13. The molecule has 2 rings (SSSR count). The van der Waals surface area contributed by atoms with E-state index in [1.165, 1.54) is 22.6 Å². The number of rotatable bonds is 4. The molecule has 0 saturated carbocycles. The molecule has 1 aliphatic heterocycles. The van der Waals surface area contributed by atoms with Gasteiger partial charge in [-0.1, -0.05) is 25.6 Å². The van der Waals surface area contributed by atoms with E-state index in [0.717, 1.165) is 24.6 Å². The van der Waals surface area contributed by atoms with Crippen LogP contribution in [0.2, 0.25) is 0 Å². The lowest BCUT2D eigenvalue weighted by Gasteiger charge is -2.35. The Morgan fingerprint density at radius 3 is 3.00 bits per heavy atom. The Morgan fingerprint density at radius 1 is 1.44 bits per heavy atom. The van der Waals surface area contributed by atoms with E-state index in [1.807, 2.05) is 23.1 Å². The molecular formula is C14H22N2S2. The molecule has 1 atom stereocenters. The third-order valence-electron chi connectivity index (χ3n) is 3.67. The van der Waals surface area contributed by atoms with E-state index in [4.69, 9.17) is 4.99 Å². The van der Waals surface area contributed by atoms with E-state index in [-0.39, 0.29) is 5.54 Å². The third-order valence-corrected chi connectivity index (χ3v) is 5.53. The first-order chi connectivity index (χ1) is 8.67. The molecule has 1 aromatic rings. The molecule has 2 nitrogen and oxygen atoms in total. The van der Waals surface area contributed by atoms with E-state index >= 15 is 0 Å². The number of aliphatic imine (C=N–C) groups is 1. The van der Waals surface area contributed by atoms with Gasteiger partial charge in [0.25, 0.3) is 0 Å². The summed E-state index contributed by atoms with van der Waals surface area (Å²) in [6, 6.07) is 2.22. The van der Waals surface area contributed by atoms with Crippen LogP contribution >= 0.6 is 23.1 Å². The number of hydrogen-bond donors (Lipinski definition) is 1. The number of thiophene rings is 1. The second-order valence-corrected chi connectivity index (χ2v) is 7.07. The Hall–Kier alpha value is -0.480. The smallest absolute Gasteiger partial charge is 0.157 e. The predicted octanol–water partition coefficient (Wildman–Crippen LogP) is 4.06. The number of nitrogens with one attached hydrogen (secondary N) is 1. The lowest BCUT2D eigenvalue weighted by molar-refractivity contribution is 0.390. The van der Waals surface area contributed by atoms with Crippen molar-refractivity contribution in [3.63, 3.8) is 0 Å². The van der Waals surface area contributed by atoms with Gasteiger partial charge in [0.15, 0.2) is 5.17 Å². The maximum Gasteiger partial charge on any atom is 0.157 e. The van der Waals surface area contributed by atoms with Crippen LogP contribution < -0.4 is 5.32 Å². The second kappa shape index (κ2) is 6.11. The molecule has 0 radical (unpaired) electrons. The fourth-order valence-electron chi connectivity index (χ4n) is 2.04. The summed E-state index contributed by atoms with van der Waals surface area (Å²) in [5.74, 6) is 1.18. The van der Waals surface area contributed by atoms with Gasteiger partial charge in [-0.2, -0.15) is 0 Å². The van der Waals surface area contributed by atoms with Gasteiger partial charge in [0.1, 0.15) is 0 Å². The number of amidine groups is 1. The molecule has 0 spiro atoms. The molecule has 0 bridgehead atoms. The van der Waals surface area contributed by atoms with E-state index in [0.29, 0.717) is 0 Å². The van der Waals surface area contributed by atoms with Gasteiger partial charge in [0, 0.05) is 16.2 Å². The van der Waals surface area contributed by atoms with E-state index in [1.54, 1.807) is 0 Å². The summed E-state index contributed by atoms with van der Waals surface area (Å²) in [5, 5.41) is 6.90. The zero-order valence-electron chi connectivity index (χ0n) is 11.5. The average Bonchev–Trinajstić information content (AvgIpc) is 2.84. The summed E-state index contributed by atoms with van der Waals surface area (Å²) in [6.07, 6.45) is 3.50. The van der Waals surface area contributed by atoms with Crippen molar-refractivity contribution in [3.8, 4) is 0 Å². The first-order valence-electron chi connectivity index (χ1n) is 6.67. The Labute approximate surface area is 118 Å². The Bertz CT molecular complexity index is 425. The minimum Gasteiger partial charge on any atom is -0.360 e. The van der Waals surface area contributed by atoms with Crippen LogP contribution in [-0.2, 0) is 13.0 Å². The molecule has 2 heterocycles. The van der Waals surface area contributed by atoms with Crippen molar-refractivity contribution in [3.05, 3.63) is 21.9 Å². The van der Waals surface area contributed by atoms with Crippen molar-refractivity contribution < 1.29 is 0 Å². The second-order valence-electron chi connectivity index (χ2n) is 4.98. The van der Waals surface area contributed by atoms with Crippen LogP contribution in [0.1, 0.15) is 44.1 Å². The average molecular weight is 282 g/mol. The van der Waals surface area contributed by atoms with Gasteiger partial charge in [-0.05, 0) is 43.2 Å². The van der Waals surface area contributed by atoms with Crippen molar-refractivity contribution in [1.82, 2.24) is 5.32 Å². The maximum absolute atomic E-state index is 4.76. The third kappa shape index (κ3) is 3.29. The van der Waals surface area contributed by atoms with Gasteiger partial charge >= 0.3 is 0 Å². The molecule has 1 aliphatic rings. The summed E-state index contributed by atoms with van der Waals surface area (Å²) in [5.41, 5.74) is 1.69. The highest BCUT2D eigenvalue weighted by Crippen LogP contribution is 2.26. The normalized spacial score (nSPS) is 26.3. The van der Waals surface area contributed by atoms with Crippen molar-refractivity contribution in [2.75, 3.05) is 5.75 Å². The molecule has 0 aliphatic carbocycles. The van der Waals surface area contributed by atoms with Crippen LogP contribution in [-0.4, -0.2) is 16.5 Å². The van der Waals surface area contributed by atoms with E-state index in [9.17, 15) is 0 Å². The van der Waals surface area contributed by atoms with Crippen LogP contribution in [0.25, 0.3) is 0 Å². The van der Waals surface area contributed by atoms with Gasteiger partial charge in [0.05, 0.1) is 6.54 Å². The Balaban J connectivity index is 2.01. The highest BCUT2D eigenvalue weighted by Gasteiger charge is 2.27. The van der Waals surface area contributed by atoms with E-state index in [2.05, 4.69) is 37.5 Å². The first-order valence-corrected chi connectivity index (χ1v) is 8.54. The molecule has 1 fully saturated rings. The van der Waals surface area contributed by atoms with Crippen molar-refractivity contribution in [1.29, 1.82) is 0 Å². The lowest BCUT2D eigenvalue weighted by atomic mass is 9.96. The minimum atomic E-state index is 0.243. The first kappa shape index (κ1) is 13.9. The standard InChI is InChI=1S/C14H22N2S2/c1-4-11-6-8-17-12(11)10-15-13-16-14(3,5-2)7-9-18-13/h6,8H,4-5,7,9-10H2,1-3H3,(H,15,16). The molecule has 0 aromatic carbocycles. The van der Waals surface area contributed by atoms with Crippen LogP contribution in [0, 0.1) is 0 Å². The van der Waals surface area contributed by atoms with Crippen molar-refractivity contribution >= 4 is 28.3 Å². The van der Waals surface area contributed by atoms with Crippen LogP contribution in [0.15, 0.2) is 16.4 Å². The van der Waals surface area contributed by atoms with Crippen LogP contribution in [0.4, 0.5) is 0 Å². The fraction of sp³-hybridized carbons (Fsp3) is 0.643. The SMILES string of the molecule is CCc1ccsc1CN=C1NC(C)(CC)CCS1. The van der Waals surface area contributed by atoms with Gasteiger partial charge in [-0.3, -0.25) is 4.99 Å². The molecule has 1 aromatic heterocycles. The Kier molecular flexibility index (Phi) is 4.73. The molecule has 1 unspecified atom stereocenters. The summed E-state index contributed by atoms with van der Waals surface area (Å²) in [7, 11) is 0. The topological polar surface area (TPSA) is 24.4 Å². The molecule has 1 N–H and O–H groups in total. The Morgan fingerprint density at radius 2 is 2.28 bits per heavy atom. The van der Waals surface area contributed by atoms with Gasteiger partial charge in [0.2, 0.25) is 0 Å². The van der Waals surface area contributed by atoms with Gasteiger partial charge in [-0.25, -0.2) is 0 Å². The van der Waals surface area contributed by atoms with Crippen LogP contribution in [0.3, 0.4) is 0 Å². The number of aryl methyl sites for hydroxylation is 1. The summed E-state index contributed by atoms with van der Waals surface area (Å²) < 4.78 is 0. The molecule has 18 heavy (non-hydrogen) atoms. The molecule has 100 valence electrons. The lowest BCUT2D eigenvalue weighted by Crippen LogP contribution is -2.48. The molecular weight excluding hydrogens is 260 g/mol. The van der Waals surface area contributed by atoms with Crippen molar-refractivity contribution in [2.45, 2.75) is 52.1 Å². The molecule has 0 amide bonds. The highest BCUT2D eigenvalue weighted by atomic mass is 32.2. The zero-order chi connectivity index (χ0) is 13.0. The van der Waals surface area contributed by atoms with Crippen molar-refractivity contribution in [2.24, 2.45) is 4.99 Å². The zero-order valence-corrected chi connectivity index (χ0v) is 13.1. The van der Waals surface area contributed by atoms with Crippen LogP contribution in [0.5, 0.6) is 0 Å². The summed E-state index contributed by atoms with van der Waals surface area (Å²) in [4.78, 5) is 6.17. The maximum atomic E-state index is 4.76. The molecule has 4 heteroatoms. The minimum absolute atomic E-state index is 0.243. The predicted molar refractivity (Wildman–Crippen MR) is 83.7 cm³/mol. The monoisotopic (exact) mass is 282 g/mol. The van der Waals surface area contributed by atoms with Gasteiger partial charge < -0.3 is 5.32 Å². The van der Waals surface area contributed by atoms with Gasteiger partial charge in [-0.15, -0.1) is 11.3 Å². The van der Waals surface area contributed by atoms with E-state index < -0.39 is 0 Å². The number of nitrogens with zero attached hydrogens (tertiary/aromatic N) is 1. The summed E-state index contributed by atoms with van der Waals surface area (Å²) in [6.45, 7) is 7.58. The summed E-state index contributed by atoms with van der Waals surface area (Å²) >= 11 is 3.68.